The van der Waals surface area contributed by atoms with Gasteiger partial charge in [-0.25, -0.2) is 0 Å². The molecule has 0 radical (unpaired) electrons. The first-order valence-corrected chi connectivity index (χ1v) is 13.3. The smallest absolute Gasteiger partial charge is 0.370 e. The van der Waals surface area contributed by atoms with Gasteiger partial charge in [0.1, 0.15) is 11.6 Å². The number of hydrogen-bond acceptors (Lipinski definition) is 5. The van der Waals surface area contributed by atoms with Crippen LogP contribution >= 0.6 is 11.3 Å². The Morgan fingerprint density at radius 3 is 2.38 bits per heavy atom. The van der Waals surface area contributed by atoms with E-state index in [1.165, 1.54) is 23.5 Å². The number of rotatable bonds is 4. The maximum absolute atomic E-state index is 13.6. The summed E-state index contributed by atoms with van der Waals surface area (Å²) >= 11 is 1.41. The van der Waals surface area contributed by atoms with Gasteiger partial charge < -0.3 is 14.7 Å². The van der Waals surface area contributed by atoms with Crippen LogP contribution in [0.2, 0.25) is 0 Å². The average Bonchev–Trinajstić information content (AvgIpc) is 3.44. The Labute approximate surface area is 217 Å². The van der Waals surface area contributed by atoms with E-state index in [0.717, 1.165) is 43.5 Å². The highest BCUT2D eigenvalue weighted by molar-refractivity contribution is 7.12. The molecular weight excluding hydrogens is 501 g/mol. The number of alkyl halides is 3. The Bertz CT molecular complexity index is 1230. The van der Waals surface area contributed by atoms with Crippen molar-refractivity contribution in [2.75, 3.05) is 26.2 Å². The van der Waals surface area contributed by atoms with E-state index in [1.54, 1.807) is 4.90 Å². The van der Waals surface area contributed by atoms with Crippen molar-refractivity contribution in [3.8, 4) is 6.07 Å². The number of benzene rings is 1. The predicted octanol–water partition coefficient (Wildman–Crippen LogP) is 4.90. The van der Waals surface area contributed by atoms with Crippen LogP contribution in [0.5, 0.6) is 0 Å². The van der Waals surface area contributed by atoms with E-state index in [0.29, 0.717) is 36.6 Å². The Balaban J connectivity index is 1.37. The van der Waals surface area contributed by atoms with Gasteiger partial charge in [0.2, 0.25) is 0 Å². The maximum Gasteiger partial charge on any atom is 0.416 e. The second-order valence-corrected chi connectivity index (χ2v) is 10.7. The summed E-state index contributed by atoms with van der Waals surface area (Å²) in [6.45, 7) is 2.29. The molecule has 5 rings (SSSR count). The molecule has 2 aromatic rings. The third-order valence-electron chi connectivity index (χ3n) is 7.60. The summed E-state index contributed by atoms with van der Waals surface area (Å²) in [5.41, 5.74) is 0.776. The first-order valence-electron chi connectivity index (χ1n) is 12.5. The molecule has 1 saturated heterocycles. The van der Waals surface area contributed by atoms with Crippen LogP contribution in [0.15, 0.2) is 53.0 Å². The number of hydrogen-bond donors (Lipinski definition) is 0. The van der Waals surface area contributed by atoms with E-state index in [-0.39, 0.29) is 35.9 Å². The minimum Gasteiger partial charge on any atom is -0.370 e. The van der Waals surface area contributed by atoms with Crippen LogP contribution in [0.3, 0.4) is 0 Å². The lowest BCUT2D eigenvalue weighted by molar-refractivity contribution is -0.137. The molecule has 10 heteroatoms. The van der Waals surface area contributed by atoms with Crippen LogP contribution in [0.1, 0.15) is 46.5 Å². The number of thiophene rings is 1. The van der Waals surface area contributed by atoms with Crippen LogP contribution in [0.4, 0.5) is 13.2 Å². The molecule has 2 unspecified atom stereocenters. The number of nitriles is 1. The van der Waals surface area contributed by atoms with Gasteiger partial charge in [0.25, 0.3) is 11.8 Å². The number of piperazine rings is 1. The Kier molecular flexibility index (Phi) is 6.99. The van der Waals surface area contributed by atoms with Gasteiger partial charge in [-0.1, -0.05) is 31.0 Å². The summed E-state index contributed by atoms with van der Waals surface area (Å²) in [7, 11) is 0. The van der Waals surface area contributed by atoms with Crippen molar-refractivity contribution < 1.29 is 22.8 Å². The Morgan fingerprint density at radius 2 is 1.76 bits per heavy atom. The molecular formula is C27H27F3N4O2S. The minimum atomic E-state index is -4.42. The molecule has 1 saturated carbocycles. The summed E-state index contributed by atoms with van der Waals surface area (Å²) in [6, 6.07) is 10.6. The Morgan fingerprint density at radius 1 is 1.05 bits per heavy atom. The van der Waals surface area contributed by atoms with E-state index in [1.807, 2.05) is 22.4 Å². The molecule has 194 valence electrons. The maximum atomic E-state index is 13.6. The fourth-order valence-electron chi connectivity index (χ4n) is 5.78. The van der Waals surface area contributed by atoms with Crippen LogP contribution < -0.4 is 0 Å². The van der Waals surface area contributed by atoms with Gasteiger partial charge >= 0.3 is 6.18 Å². The zero-order valence-electron chi connectivity index (χ0n) is 20.2. The van der Waals surface area contributed by atoms with E-state index >= 15 is 0 Å². The third-order valence-corrected chi connectivity index (χ3v) is 8.46. The molecule has 1 aliphatic carbocycles. The monoisotopic (exact) mass is 528 g/mol. The summed E-state index contributed by atoms with van der Waals surface area (Å²) < 4.78 is 39.0. The van der Waals surface area contributed by atoms with Crippen molar-refractivity contribution >= 4 is 23.2 Å². The average molecular weight is 529 g/mol. The normalized spacial score (nSPS) is 22.6. The van der Waals surface area contributed by atoms with E-state index in [4.69, 9.17) is 0 Å². The van der Waals surface area contributed by atoms with Gasteiger partial charge in [-0.05, 0) is 42.0 Å². The van der Waals surface area contributed by atoms with E-state index in [2.05, 4.69) is 11.0 Å². The molecule has 3 heterocycles. The molecule has 0 bridgehead atoms. The first-order chi connectivity index (χ1) is 17.8. The molecule has 1 aromatic carbocycles. The molecule has 1 aromatic heterocycles. The molecule has 6 nitrogen and oxygen atoms in total. The zero-order valence-corrected chi connectivity index (χ0v) is 21.0. The standard InChI is InChI=1S/C27H27F3N4O2S/c28-27(29,30)19-9-7-18(8-10-19)17-34-22-5-2-1-4-20(22)24(21(16-31)25(34)35)32-11-13-33(14-12-32)26(36)23-6-3-15-37-23/h3,6-10,15,20,22H,1-2,4-5,11-14,17H2. The lowest BCUT2D eigenvalue weighted by atomic mass is 9.76. The van der Waals surface area contributed by atoms with Gasteiger partial charge in [-0.3, -0.25) is 9.59 Å². The van der Waals surface area contributed by atoms with Crippen LogP contribution in [-0.4, -0.2) is 58.7 Å². The molecule has 2 atom stereocenters. The van der Waals surface area contributed by atoms with E-state index < -0.39 is 11.7 Å². The largest absolute Gasteiger partial charge is 0.416 e. The van der Waals surface area contributed by atoms with Crippen molar-refractivity contribution in [2.45, 2.75) is 44.4 Å². The highest BCUT2D eigenvalue weighted by atomic mass is 32.1. The summed E-state index contributed by atoms with van der Waals surface area (Å²) in [5, 5.41) is 11.9. The molecule has 2 amide bonds. The van der Waals surface area contributed by atoms with Gasteiger partial charge in [-0.15, -0.1) is 11.3 Å². The molecule has 0 spiro atoms. The lowest BCUT2D eigenvalue weighted by Gasteiger charge is -2.49. The van der Waals surface area contributed by atoms with Crippen molar-refractivity contribution in [3.63, 3.8) is 0 Å². The zero-order chi connectivity index (χ0) is 26.2. The second-order valence-electron chi connectivity index (χ2n) is 9.71. The van der Waals surface area contributed by atoms with Gasteiger partial charge in [0.05, 0.1) is 10.4 Å². The van der Waals surface area contributed by atoms with Crippen molar-refractivity contribution in [1.82, 2.24) is 14.7 Å². The second kappa shape index (κ2) is 10.2. The third kappa shape index (κ3) is 4.97. The lowest BCUT2D eigenvalue weighted by Crippen LogP contribution is -2.56. The summed E-state index contributed by atoms with van der Waals surface area (Å²) in [5.74, 6) is -0.366. The molecule has 0 N–H and O–H groups in total. The Hall–Kier alpha value is -3.32. The fourth-order valence-corrected chi connectivity index (χ4v) is 6.47. The number of halogens is 3. The van der Waals surface area contributed by atoms with Gasteiger partial charge in [0, 0.05) is 50.4 Å². The SMILES string of the molecule is N#CC1=C(N2CCN(C(=O)c3cccs3)CC2)C2CCCCC2N(Cc2ccc(C(F)(F)F)cc2)C1=O. The number of nitrogens with zero attached hydrogens (tertiary/aromatic N) is 4. The van der Waals surface area contributed by atoms with Crippen molar-refractivity contribution in [3.05, 3.63) is 69.1 Å². The fraction of sp³-hybridized carbons (Fsp3) is 0.444. The van der Waals surface area contributed by atoms with Gasteiger partial charge in [0.15, 0.2) is 0 Å². The van der Waals surface area contributed by atoms with Crippen molar-refractivity contribution in [1.29, 1.82) is 5.26 Å². The van der Waals surface area contributed by atoms with E-state index in [9.17, 15) is 28.0 Å². The first kappa shape index (κ1) is 25.3. The van der Waals surface area contributed by atoms with Crippen LogP contribution in [0.25, 0.3) is 0 Å². The quantitative estimate of drug-likeness (QED) is 0.566. The predicted molar refractivity (Wildman–Crippen MR) is 132 cm³/mol. The summed E-state index contributed by atoms with van der Waals surface area (Å²) in [4.78, 5) is 32.7. The highest BCUT2D eigenvalue weighted by Crippen LogP contribution is 2.42. The number of carbonyl (C=O) groups is 2. The minimum absolute atomic E-state index is 0.00196. The molecule has 3 aliphatic rings. The number of fused-ring (bicyclic) bond motifs is 1. The number of amides is 2. The topological polar surface area (TPSA) is 67.7 Å². The highest BCUT2D eigenvalue weighted by Gasteiger charge is 2.45. The van der Waals surface area contributed by atoms with Crippen molar-refractivity contribution in [2.24, 2.45) is 5.92 Å². The van der Waals surface area contributed by atoms with Crippen LogP contribution in [-0.2, 0) is 17.5 Å². The molecule has 37 heavy (non-hydrogen) atoms. The summed E-state index contributed by atoms with van der Waals surface area (Å²) in [6.07, 6.45) is -0.844. The van der Waals surface area contributed by atoms with Crippen LogP contribution in [0, 0.1) is 17.2 Å². The molecule has 2 aliphatic heterocycles. The number of carbonyl (C=O) groups excluding carboxylic acids is 2. The molecule has 2 fully saturated rings. The van der Waals surface area contributed by atoms with Gasteiger partial charge in [-0.2, -0.15) is 18.4 Å².